The maximum atomic E-state index is 11.0. The van der Waals surface area contributed by atoms with E-state index in [4.69, 9.17) is 0 Å². The summed E-state index contributed by atoms with van der Waals surface area (Å²) >= 11 is 0. The van der Waals surface area contributed by atoms with Crippen LogP contribution < -0.4 is 5.32 Å². The number of alkyl carbamates (subject to hydrolysis) is 1. The summed E-state index contributed by atoms with van der Waals surface area (Å²) < 4.78 is 4.60. The molecule has 0 spiro atoms. The number of hydrogen-bond donors (Lipinski definition) is 1. The summed E-state index contributed by atoms with van der Waals surface area (Å²) in [4.78, 5) is 21.7. The third kappa shape index (κ3) is 1.93. The zero-order valence-electron chi connectivity index (χ0n) is 6.42. The molecule has 1 heterocycles. The fourth-order valence-corrected chi connectivity index (χ4v) is 1.01. The summed E-state index contributed by atoms with van der Waals surface area (Å²) in [5.41, 5.74) is 0. The Balaban J connectivity index is 2.45. The molecular formula is C7H11NO3. The highest BCUT2D eigenvalue weighted by Gasteiger charge is 2.23. The first kappa shape index (κ1) is 8.04. The second kappa shape index (κ2) is 3.37. The molecule has 0 aromatic heterocycles. The van der Waals surface area contributed by atoms with Crippen molar-refractivity contribution < 1.29 is 14.3 Å². The molecule has 0 saturated carbocycles. The predicted octanol–water partition coefficient (Wildman–Crippen LogP) is 0.464. The fourth-order valence-electron chi connectivity index (χ4n) is 1.01. The number of nitrogens with one attached hydrogen (secondary N) is 1. The van der Waals surface area contributed by atoms with Crippen LogP contribution in [0.25, 0.3) is 0 Å². The molecule has 1 atom stereocenters. The lowest BCUT2D eigenvalue weighted by Gasteiger charge is -2.21. The number of amides is 1. The third-order valence-electron chi connectivity index (χ3n) is 1.67. The Bertz CT molecular complexity index is 179. The first-order valence-electron chi connectivity index (χ1n) is 3.70. The van der Waals surface area contributed by atoms with Gasteiger partial charge in [-0.25, -0.2) is 4.79 Å². The first-order chi connectivity index (χ1) is 5.24. The van der Waals surface area contributed by atoms with Gasteiger partial charge in [-0.1, -0.05) is 6.92 Å². The van der Waals surface area contributed by atoms with Gasteiger partial charge in [0.25, 0.3) is 0 Å². The molecule has 0 aromatic rings. The standard InChI is InChI=1S/C7H11NO3/c1-2-6(9)5-3-4-11-7(10)8-5/h5H,2-4H2,1H3,(H,8,10). The Morgan fingerprint density at radius 3 is 3.09 bits per heavy atom. The van der Waals surface area contributed by atoms with Gasteiger partial charge in [0.2, 0.25) is 0 Å². The van der Waals surface area contributed by atoms with E-state index < -0.39 is 6.09 Å². The Morgan fingerprint density at radius 1 is 1.82 bits per heavy atom. The van der Waals surface area contributed by atoms with E-state index in [1.54, 1.807) is 6.92 Å². The van der Waals surface area contributed by atoms with Crippen molar-refractivity contribution in [2.75, 3.05) is 6.61 Å². The van der Waals surface area contributed by atoms with Gasteiger partial charge in [-0.05, 0) is 0 Å². The average molecular weight is 157 g/mol. The van der Waals surface area contributed by atoms with Gasteiger partial charge in [0.1, 0.15) is 0 Å². The van der Waals surface area contributed by atoms with E-state index in [1.165, 1.54) is 0 Å². The highest BCUT2D eigenvalue weighted by Crippen LogP contribution is 2.03. The van der Waals surface area contributed by atoms with Gasteiger partial charge in [0.05, 0.1) is 12.6 Å². The fraction of sp³-hybridized carbons (Fsp3) is 0.714. The molecule has 0 bridgehead atoms. The smallest absolute Gasteiger partial charge is 0.407 e. The SMILES string of the molecule is CCC(=O)C1CCOC(=O)N1. The van der Waals surface area contributed by atoms with Gasteiger partial charge in [-0.15, -0.1) is 0 Å². The van der Waals surface area contributed by atoms with Crippen LogP contribution in [0.5, 0.6) is 0 Å². The molecular weight excluding hydrogens is 146 g/mol. The molecule has 4 heteroatoms. The molecule has 0 aliphatic carbocycles. The minimum Gasteiger partial charge on any atom is -0.449 e. The van der Waals surface area contributed by atoms with Gasteiger partial charge in [-0.2, -0.15) is 0 Å². The summed E-state index contributed by atoms with van der Waals surface area (Å²) in [6.07, 6.45) is 0.576. The average Bonchev–Trinajstić information content (AvgIpc) is 2.03. The van der Waals surface area contributed by atoms with Gasteiger partial charge >= 0.3 is 6.09 Å². The van der Waals surface area contributed by atoms with E-state index in [9.17, 15) is 9.59 Å². The van der Waals surface area contributed by atoms with Crippen LogP contribution in [0.1, 0.15) is 19.8 Å². The molecule has 1 N–H and O–H groups in total. The van der Waals surface area contributed by atoms with Crippen molar-refractivity contribution in [1.29, 1.82) is 0 Å². The molecule has 1 aliphatic rings. The van der Waals surface area contributed by atoms with Gasteiger partial charge in [0.15, 0.2) is 5.78 Å². The second-order valence-corrected chi connectivity index (χ2v) is 2.44. The van der Waals surface area contributed by atoms with Crippen molar-refractivity contribution in [1.82, 2.24) is 5.32 Å². The van der Waals surface area contributed by atoms with Crippen LogP contribution in [0.15, 0.2) is 0 Å². The molecule has 1 rings (SSSR count). The number of carbonyl (C=O) groups is 2. The Kier molecular flexibility index (Phi) is 2.46. The number of Topliss-reactive ketones (excluding diaryl/α,β-unsaturated/α-hetero) is 1. The summed E-state index contributed by atoms with van der Waals surface area (Å²) in [6, 6.07) is -0.318. The monoisotopic (exact) mass is 157 g/mol. The van der Waals surface area contributed by atoms with E-state index >= 15 is 0 Å². The van der Waals surface area contributed by atoms with Crippen LogP contribution in [0, 0.1) is 0 Å². The minimum absolute atomic E-state index is 0.0710. The Hall–Kier alpha value is -1.06. The molecule has 4 nitrogen and oxygen atoms in total. The van der Waals surface area contributed by atoms with Crippen molar-refractivity contribution in [3.05, 3.63) is 0 Å². The van der Waals surface area contributed by atoms with Crippen molar-refractivity contribution in [3.63, 3.8) is 0 Å². The van der Waals surface area contributed by atoms with Crippen LogP contribution >= 0.6 is 0 Å². The maximum Gasteiger partial charge on any atom is 0.407 e. The number of carbonyl (C=O) groups excluding carboxylic acids is 2. The van der Waals surface area contributed by atoms with Crippen molar-refractivity contribution in [2.24, 2.45) is 0 Å². The van der Waals surface area contributed by atoms with Crippen molar-refractivity contribution in [3.8, 4) is 0 Å². The lowest BCUT2D eigenvalue weighted by atomic mass is 10.1. The van der Waals surface area contributed by atoms with E-state index in [2.05, 4.69) is 10.1 Å². The normalized spacial score (nSPS) is 23.7. The molecule has 0 radical (unpaired) electrons. The third-order valence-corrected chi connectivity index (χ3v) is 1.67. The zero-order valence-corrected chi connectivity index (χ0v) is 6.42. The van der Waals surface area contributed by atoms with Gasteiger partial charge in [-0.3, -0.25) is 4.79 Å². The van der Waals surface area contributed by atoms with E-state index in [1.807, 2.05) is 0 Å². The first-order valence-corrected chi connectivity index (χ1v) is 3.70. The lowest BCUT2D eigenvalue weighted by molar-refractivity contribution is -0.121. The predicted molar refractivity (Wildman–Crippen MR) is 38.2 cm³/mol. The number of rotatable bonds is 2. The molecule has 0 aromatic carbocycles. The quantitative estimate of drug-likeness (QED) is 0.633. The second-order valence-electron chi connectivity index (χ2n) is 2.44. The molecule has 1 fully saturated rings. The number of ether oxygens (including phenoxy) is 1. The summed E-state index contributed by atoms with van der Waals surface area (Å²) in [5.74, 6) is 0.0710. The van der Waals surface area contributed by atoms with Crippen LogP contribution in [0.4, 0.5) is 4.79 Å². The van der Waals surface area contributed by atoms with Crippen LogP contribution in [-0.2, 0) is 9.53 Å². The van der Waals surface area contributed by atoms with Crippen LogP contribution in [0.3, 0.4) is 0 Å². The molecule has 62 valence electrons. The Labute approximate surface area is 64.9 Å². The number of hydrogen-bond acceptors (Lipinski definition) is 3. The highest BCUT2D eigenvalue weighted by molar-refractivity contribution is 5.87. The number of ketones is 1. The molecule has 1 unspecified atom stereocenters. The number of cyclic esters (lactones) is 1. The minimum atomic E-state index is -0.483. The van der Waals surface area contributed by atoms with Crippen LogP contribution in [-0.4, -0.2) is 24.5 Å². The largest absolute Gasteiger partial charge is 0.449 e. The maximum absolute atomic E-state index is 11.0. The zero-order chi connectivity index (χ0) is 8.27. The van der Waals surface area contributed by atoms with E-state index in [0.29, 0.717) is 19.4 Å². The van der Waals surface area contributed by atoms with E-state index in [-0.39, 0.29) is 11.8 Å². The molecule has 1 aliphatic heterocycles. The summed E-state index contributed by atoms with van der Waals surface area (Å²) in [7, 11) is 0. The van der Waals surface area contributed by atoms with Crippen molar-refractivity contribution >= 4 is 11.9 Å². The molecule has 1 saturated heterocycles. The summed E-state index contributed by atoms with van der Waals surface area (Å²) in [6.45, 7) is 2.13. The summed E-state index contributed by atoms with van der Waals surface area (Å²) in [5, 5.41) is 2.46. The highest BCUT2D eigenvalue weighted by atomic mass is 16.5. The van der Waals surface area contributed by atoms with Crippen molar-refractivity contribution in [2.45, 2.75) is 25.8 Å². The lowest BCUT2D eigenvalue weighted by Crippen LogP contribution is -2.45. The molecule has 1 amide bonds. The van der Waals surface area contributed by atoms with Crippen LogP contribution in [0.2, 0.25) is 0 Å². The Morgan fingerprint density at radius 2 is 2.55 bits per heavy atom. The van der Waals surface area contributed by atoms with E-state index in [0.717, 1.165) is 0 Å². The van der Waals surface area contributed by atoms with Gasteiger partial charge < -0.3 is 10.1 Å². The van der Waals surface area contributed by atoms with Gasteiger partial charge in [0, 0.05) is 12.8 Å². The topological polar surface area (TPSA) is 55.4 Å². The molecule has 11 heavy (non-hydrogen) atoms.